The van der Waals surface area contributed by atoms with Crippen molar-refractivity contribution >= 4 is 24.2 Å². The van der Waals surface area contributed by atoms with Gasteiger partial charge in [-0.1, -0.05) is 13.3 Å². The lowest BCUT2D eigenvalue weighted by Gasteiger charge is -2.24. The summed E-state index contributed by atoms with van der Waals surface area (Å²) in [6.45, 7) is 7.26. The van der Waals surface area contributed by atoms with E-state index in [4.69, 9.17) is 5.73 Å². The molecule has 5 nitrogen and oxygen atoms in total. The Labute approximate surface area is 116 Å². The van der Waals surface area contributed by atoms with E-state index in [0.29, 0.717) is 19.5 Å². The maximum atomic E-state index is 11.8. The maximum absolute atomic E-state index is 11.8. The molecule has 0 radical (unpaired) electrons. The molecule has 2 N–H and O–H groups in total. The van der Waals surface area contributed by atoms with E-state index in [1.807, 2.05) is 20.8 Å². The molecule has 0 aromatic carbocycles. The van der Waals surface area contributed by atoms with Crippen molar-refractivity contribution in [1.29, 1.82) is 0 Å². The zero-order valence-corrected chi connectivity index (χ0v) is 12.6. The van der Waals surface area contributed by atoms with Gasteiger partial charge in [0.05, 0.1) is 12.6 Å². The minimum Gasteiger partial charge on any atom is -0.342 e. The summed E-state index contributed by atoms with van der Waals surface area (Å²) >= 11 is 0. The van der Waals surface area contributed by atoms with Crippen LogP contribution in [0.4, 0.5) is 0 Å². The average Bonchev–Trinajstić information content (AvgIpc) is 2.29. The van der Waals surface area contributed by atoms with Gasteiger partial charge in [0, 0.05) is 20.1 Å². The number of carbonyl (C=O) groups excluding carboxylic acids is 2. The van der Waals surface area contributed by atoms with Gasteiger partial charge in [-0.2, -0.15) is 0 Å². The van der Waals surface area contributed by atoms with Gasteiger partial charge in [0.1, 0.15) is 0 Å². The second kappa shape index (κ2) is 10.1. The molecular formula is C12H26ClN3O2. The third-order valence-electron chi connectivity index (χ3n) is 2.78. The quantitative estimate of drug-likeness (QED) is 0.752. The van der Waals surface area contributed by atoms with Crippen LogP contribution in [0.25, 0.3) is 0 Å². The minimum absolute atomic E-state index is 0. The Morgan fingerprint density at radius 3 is 2.06 bits per heavy atom. The highest BCUT2D eigenvalue weighted by atomic mass is 35.5. The molecule has 0 saturated heterocycles. The van der Waals surface area contributed by atoms with E-state index in [0.717, 1.165) is 6.42 Å². The lowest BCUT2D eigenvalue weighted by atomic mass is 10.1. The molecule has 0 aromatic heterocycles. The fourth-order valence-electron chi connectivity index (χ4n) is 1.67. The molecule has 0 aliphatic heterocycles. The van der Waals surface area contributed by atoms with E-state index < -0.39 is 6.04 Å². The lowest BCUT2D eigenvalue weighted by Crippen LogP contribution is -2.46. The summed E-state index contributed by atoms with van der Waals surface area (Å²) in [5.41, 5.74) is 5.73. The summed E-state index contributed by atoms with van der Waals surface area (Å²) in [5, 5.41) is 0. The van der Waals surface area contributed by atoms with Crippen molar-refractivity contribution in [3.8, 4) is 0 Å². The highest BCUT2D eigenvalue weighted by molar-refractivity contribution is 5.87. The summed E-state index contributed by atoms with van der Waals surface area (Å²) in [4.78, 5) is 26.7. The number of nitrogens with zero attached hydrogens (tertiary/aromatic N) is 2. The van der Waals surface area contributed by atoms with Crippen LogP contribution in [0.1, 0.15) is 33.6 Å². The van der Waals surface area contributed by atoms with E-state index in [1.165, 1.54) is 4.90 Å². The first-order valence-electron chi connectivity index (χ1n) is 6.26. The van der Waals surface area contributed by atoms with E-state index in [9.17, 15) is 9.59 Å². The average molecular weight is 280 g/mol. The third kappa shape index (κ3) is 6.21. The van der Waals surface area contributed by atoms with Gasteiger partial charge in [-0.3, -0.25) is 9.59 Å². The van der Waals surface area contributed by atoms with Gasteiger partial charge >= 0.3 is 0 Å². The topological polar surface area (TPSA) is 66.6 Å². The van der Waals surface area contributed by atoms with Crippen LogP contribution in [-0.4, -0.2) is 54.3 Å². The smallest absolute Gasteiger partial charge is 0.242 e. The maximum Gasteiger partial charge on any atom is 0.242 e. The molecule has 0 aliphatic rings. The Hall–Kier alpha value is -0.810. The zero-order chi connectivity index (χ0) is 13.4. The van der Waals surface area contributed by atoms with Crippen molar-refractivity contribution in [2.75, 3.05) is 26.7 Å². The van der Waals surface area contributed by atoms with Crippen molar-refractivity contribution in [3.63, 3.8) is 0 Å². The molecule has 0 heterocycles. The Morgan fingerprint density at radius 2 is 1.67 bits per heavy atom. The van der Waals surface area contributed by atoms with Crippen LogP contribution >= 0.6 is 12.4 Å². The van der Waals surface area contributed by atoms with Crippen LogP contribution < -0.4 is 5.73 Å². The summed E-state index contributed by atoms with van der Waals surface area (Å²) in [6, 6.07) is -0.491. The largest absolute Gasteiger partial charge is 0.342 e. The van der Waals surface area contributed by atoms with Crippen LogP contribution in [0, 0.1) is 0 Å². The number of likely N-dealkylation sites (N-methyl/N-ethyl adjacent to an activating group) is 2. The first-order chi connectivity index (χ1) is 7.97. The number of hydrogen-bond donors (Lipinski definition) is 1. The highest BCUT2D eigenvalue weighted by Crippen LogP contribution is 1.99. The normalized spacial score (nSPS) is 11.4. The molecule has 18 heavy (non-hydrogen) atoms. The molecule has 0 aromatic rings. The van der Waals surface area contributed by atoms with Crippen LogP contribution in [-0.2, 0) is 9.59 Å². The molecule has 0 aliphatic carbocycles. The van der Waals surface area contributed by atoms with Gasteiger partial charge in [-0.15, -0.1) is 12.4 Å². The van der Waals surface area contributed by atoms with Gasteiger partial charge in [0.15, 0.2) is 0 Å². The highest BCUT2D eigenvalue weighted by Gasteiger charge is 2.20. The fourth-order valence-corrected chi connectivity index (χ4v) is 1.67. The Bertz CT molecular complexity index is 258. The Balaban J connectivity index is 0. The molecule has 0 fully saturated rings. The van der Waals surface area contributed by atoms with Crippen molar-refractivity contribution in [2.45, 2.75) is 39.7 Å². The summed E-state index contributed by atoms with van der Waals surface area (Å²) < 4.78 is 0. The number of nitrogens with two attached hydrogens (primary N) is 1. The van der Waals surface area contributed by atoms with Gasteiger partial charge < -0.3 is 15.5 Å². The van der Waals surface area contributed by atoms with Crippen LogP contribution in [0.15, 0.2) is 0 Å². The van der Waals surface area contributed by atoms with Crippen LogP contribution in [0.3, 0.4) is 0 Å². The summed E-state index contributed by atoms with van der Waals surface area (Å²) in [6.07, 6.45) is 1.52. The van der Waals surface area contributed by atoms with E-state index in [-0.39, 0.29) is 30.8 Å². The first kappa shape index (κ1) is 19.5. The number of hydrogen-bond acceptors (Lipinski definition) is 3. The van der Waals surface area contributed by atoms with Gasteiger partial charge in [-0.05, 0) is 20.3 Å². The third-order valence-corrected chi connectivity index (χ3v) is 2.78. The first-order valence-corrected chi connectivity index (χ1v) is 6.26. The second-order valence-electron chi connectivity index (χ2n) is 4.16. The molecule has 1 unspecified atom stereocenters. The van der Waals surface area contributed by atoms with E-state index in [1.54, 1.807) is 11.9 Å². The molecule has 0 spiro atoms. The predicted molar refractivity (Wildman–Crippen MR) is 75.7 cm³/mol. The summed E-state index contributed by atoms with van der Waals surface area (Å²) in [5.74, 6) is -0.193. The van der Waals surface area contributed by atoms with Gasteiger partial charge in [0.25, 0.3) is 0 Å². The number of amides is 2. The standard InChI is InChI=1S/C12H25N3O2.ClH/c1-5-8-10(13)12(17)14(4)9-11(16)15(6-2)7-3;/h10H,5-9,13H2,1-4H3;1H. The van der Waals surface area contributed by atoms with Crippen molar-refractivity contribution in [3.05, 3.63) is 0 Å². The lowest BCUT2D eigenvalue weighted by molar-refractivity contribution is -0.139. The molecule has 0 rings (SSSR count). The van der Waals surface area contributed by atoms with Gasteiger partial charge in [-0.25, -0.2) is 0 Å². The molecule has 108 valence electrons. The van der Waals surface area contributed by atoms with E-state index in [2.05, 4.69) is 0 Å². The van der Waals surface area contributed by atoms with Crippen LogP contribution in [0.5, 0.6) is 0 Å². The predicted octanol–water partition coefficient (Wildman–Crippen LogP) is 0.862. The monoisotopic (exact) mass is 279 g/mol. The van der Waals surface area contributed by atoms with Crippen LogP contribution in [0.2, 0.25) is 0 Å². The SMILES string of the molecule is CCCC(N)C(=O)N(C)CC(=O)N(CC)CC.Cl. The summed E-state index contributed by atoms with van der Waals surface area (Å²) in [7, 11) is 1.62. The molecule has 0 bridgehead atoms. The van der Waals surface area contributed by atoms with Crippen molar-refractivity contribution < 1.29 is 9.59 Å². The Morgan fingerprint density at radius 1 is 1.17 bits per heavy atom. The number of rotatable bonds is 7. The van der Waals surface area contributed by atoms with Crippen molar-refractivity contribution in [1.82, 2.24) is 9.80 Å². The fraction of sp³-hybridized carbons (Fsp3) is 0.833. The molecular weight excluding hydrogens is 254 g/mol. The Kier molecular flexibility index (Phi) is 11.0. The number of halogens is 1. The molecule has 2 amide bonds. The minimum atomic E-state index is -0.491. The van der Waals surface area contributed by atoms with Crippen molar-refractivity contribution in [2.24, 2.45) is 5.73 Å². The molecule has 6 heteroatoms. The zero-order valence-electron chi connectivity index (χ0n) is 11.8. The molecule has 1 atom stereocenters. The van der Waals surface area contributed by atoms with Gasteiger partial charge in [0.2, 0.25) is 11.8 Å². The number of carbonyl (C=O) groups is 2. The molecule has 0 saturated carbocycles. The van der Waals surface area contributed by atoms with E-state index >= 15 is 0 Å². The second-order valence-corrected chi connectivity index (χ2v) is 4.16.